The molecule has 0 radical (unpaired) electrons. The molecule has 16 nitrogen and oxygen atoms in total. The topological polar surface area (TPSA) is 178 Å². The average molecular weight is 654 g/mol. The predicted octanol–water partition coefficient (Wildman–Crippen LogP) is 2.32. The maximum Gasteiger partial charge on any atom is 0.245 e. The highest BCUT2D eigenvalue weighted by Gasteiger charge is 2.39. The molecule has 2 aliphatic rings. The molecule has 0 aliphatic carbocycles. The van der Waals surface area contributed by atoms with Crippen molar-refractivity contribution in [2.75, 3.05) is 56.8 Å². The van der Waals surface area contributed by atoms with Crippen LogP contribution in [0, 0.1) is 5.82 Å². The lowest BCUT2D eigenvalue weighted by molar-refractivity contribution is -0.0941. The number of nitrogens with one attached hydrogen (secondary N) is 1. The zero-order valence-electron chi connectivity index (χ0n) is 26.2. The third-order valence-corrected chi connectivity index (χ3v) is 8.24. The van der Waals surface area contributed by atoms with Gasteiger partial charge >= 0.3 is 0 Å². The molecular formula is C27H40FN9O7S. The lowest BCUT2D eigenvalue weighted by Gasteiger charge is -2.37. The summed E-state index contributed by atoms with van der Waals surface area (Å²) in [5.41, 5.74) is 0.167. The van der Waals surface area contributed by atoms with Crippen LogP contribution < -0.4 is 19.1 Å². The normalized spacial score (nSPS) is 20.4. The first-order valence-corrected chi connectivity index (χ1v) is 16.1. The van der Waals surface area contributed by atoms with E-state index in [0.29, 0.717) is 19.8 Å². The summed E-state index contributed by atoms with van der Waals surface area (Å²) in [5, 5.41) is 7.41. The molecule has 2 saturated heterocycles. The Kier molecular flexibility index (Phi) is 11.8. The van der Waals surface area contributed by atoms with Gasteiger partial charge in [-0.2, -0.15) is 9.97 Å². The van der Waals surface area contributed by atoms with Crippen LogP contribution in [0.25, 0.3) is 5.69 Å². The highest BCUT2D eigenvalue weighted by Crippen LogP contribution is 2.35. The van der Waals surface area contributed by atoms with Crippen molar-refractivity contribution in [1.29, 1.82) is 0 Å². The number of ether oxygens (including phenoxy) is 5. The second-order valence-corrected chi connectivity index (χ2v) is 12.5. The number of hydrogen-bond acceptors (Lipinski definition) is 14. The lowest BCUT2D eigenvalue weighted by atomic mass is 10.1. The van der Waals surface area contributed by atoms with Gasteiger partial charge in [0.1, 0.15) is 17.7 Å². The second kappa shape index (κ2) is 15.5. The van der Waals surface area contributed by atoms with Gasteiger partial charge in [-0.1, -0.05) is 20.3 Å². The number of piperidine rings is 1. The maximum atomic E-state index is 14.0. The minimum Gasteiger partial charge on any atom is -0.479 e. The summed E-state index contributed by atoms with van der Waals surface area (Å²) < 4.78 is 73.7. The van der Waals surface area contributed by atoms with Crippen LogP contribution in [-0.2, 0) is 24.2 Å². The van der Waals surface area contributed by atoms with Gasteiger partial charge in [0.15, 0.2) is 17.3 Å². The monoisotopic (exact) mass is 653 g/mol. The van der Waals surface area contributed by atoms with Crippen LogP contribution in [0.4, 0.5) is 16.3 Å². The molecule has 18 heteroatoms. The predicted molar refractivity (Wildman–Crippen MR) is 161 cm³/mol. The third kappa shape index (κ3) is 8.30. The number of sulfonamides is 1. The van der Waals surface area contributed by atoms with Crippen molar-refractivity contribution in [2.45, 2.75) is 64.1 Å². The molecule has 2 fully saturated rings. The van der Waals surface area contributed by atoms with E-state index in [0.717, 1.165) is 12.4 Å². The van der Waals surface area contributed by atoms with Crippen LogP contribution in [-0.4, -0.2) is 108 Å². The van der Waals surface area contributed by atoms with Crippen molar-refractivity contribution < 1.29 is 36.5 Å². The molecule has 45 heavy (non-hydrogen) atoms. The van der Waals surface area contributed by atoms with E-state index in [9.17, 15) is 12.8 Å². The quantitative estimate of drug-likeness (QED) is 0.337. The molecule has 5 heterocycles. The summed E-state index contributed by atoms with van der Waals surface area (Å²) >= 11 is 0. The van der Waals surface area contributed by atoms with Gasteiger partial charge in [-0.05, 0) is 20.3 Å². The van der Waals surface area contributed by atoms with Gasteiger partial charge in [-0.3, -0.25) is 9.29 Å². The van der Waals surface area contributed by atoms with Gasteiger partial charge in [0, 0.05) is 13.1 Å². The third-order valence-electron chi connectivity index (χ3n) is 6.56. The van der Waals surface area contributed by atoms with Gasteiger partial charge in [-0.15, -0.1) is 10.2 Å². The van der Waals surface area contributed by atoms with E-state index in [1.54, 1.807) is 4.90 Å². The Hall–Kier alpha value is -3.74. The first-order valence-electron chi connectivity index (χ1n) is 14.6. The summed E-state index contributed by atoms with van der Waals surface area (Å²) in [6, 6.07) is 0. The van der Waals surface area contributed by atoms with E-state index in [2.05, 4.69) is 48.7 Å². The number of methoxy groups -OCH3 is 2. The molecule has 0 bridgehead atoms. The molecule has 5 rings (SSSR count). The summed E-state index contributed by atoms with van der Waals surface area (Å²) in [5.74, 6) is -0.184. The molecule has 0 amide bonds. The fraction of sp³-hybridized carbons (Fsp3) is 0.630. The Labute approximate surface area is 261 Å². The van der Waals surface area contributed by atoms with Gasteiger partial charge < -0.3 is 28.6 Å². The SMILES string of the molecule is CCC.COc1ncnc(OC)c1-n1c(NS(=O)(=O)[C@H]2C[C@@H](OC(C)C)CN(c3ncc(F)cn3)C2)nnc1[C@@H]1COCCO1. The van der Waals surface area contributed by atoms with Crippen LogP contribution in [0.2, 0.25) is 0 Å². The summed E-state index contributed by atoms with van der Waals surface area (Å²) in [6.45, 7) is 9.18. The van der Waals surface area contributed by atoms with Crippen molar-refractivity contribution in [2.24, 2.45) is 0 Å². The van der Waals surface area contributed by atoms with Crippen LogP contribution in [0.5, 0.6) is 11.8 Å². The zero-order valence-corrected chi connectivity index (χ0v) is 27.0. The Bertz CT molecular complexity index is 1470. The van der Waals surface area contributed by atoms with Crippen molar-refractivity contribution in [3.05, 3.63) is 30.4 Å². The molecule has 0 saturated carbocycles. The molecule has 3 aromatic rings. The van der Waals surface area contributed by atoms with Crippen LogP contribution in [0.15, 0.2) is 18.7 Å². The number of hydrogen-bond donors (Lipinski definition) is 1. The van der Waals surface area contributed by atoms with E-state index in [-0.39, 0.29) is 60.8 Å². The number of halogens is 1. The molecule has 3 atom stereocenters. The Morgan fingerprint density at radius 3 is 2.29 bits per heavy atom. The van der Waals surface area contributed by atoms with E-state index in [4.69, 9.17) is 23.7 Å². The molecule has 1 N–H and O–H groups in total. The summed E-state index contributed by atoms with van der Waals surface area (Å²) in [6.07, 6.45) is 3.41. The highest BCUT2D eigenvalue weighted by atomic mass is 32.2. The minimum atomic E-state index is -4.16. The second-order valence-electron chi connectivity index (χ2n) is 10.5. The molecule has 0 spiro atoms. The molecular weight excluding hydrogens is 613 g/mol. The number of anilines is 2. The van der Waals surface area contributed by atoms with Gasteiger partial charge in [0.2, 0.25) is 33.7 Å². The van der Waals surface area contributed by atoms with Crippen LogP contribution in [0.3, 0.4) is 0 Å². The smallest absolute Gasteiger partial charge is 0.245 e. The number of rotatable bonds is 10. The Morgan fingerprint density at radius 1 is 1.04 bits per heavy atom. The van der Waals surface area contributed by atoms with Gasteiger partial charge in [0.05, 0.1) is 58.6 Å². The van der Waals surface area contributed by atoms with Gasteiger partial charge in [0.25, 0.3) is 0 Å². The molecule has 0 unspecified atom stereocenters. The summed E-state index contributed by atoms with van der Waals surface area (Å²) in [4.78, 5) is 18.0. The van der Waals surface area contributed by atoms with Crippen LogP contribution in [0.1, 0.15) is 52.5 Å². The maximum absolute atomic E-state index is 14.0. The van der Waals surface area contributed by atoms with Crippen molar-refractivity contribution in [3.8, 4) is 17.4 Å². The molecule has 3 aromatic heterocycles. The molecule has 2 aliphatic heterocycles. The Morgan fingerprint density at radius 2 is 1.71 bits per heavy atom. The molecule has 248 valence electrons. The van der Waals surface area contributed by atoms with Crippen LogP contribution >= 0.6 is 0 Å². The first kappa shape index (κ1) is 34.1. The van der Waals surface area contributed by atoms with E-state index in [1.807, 2.05) is 13.8 Å². The van der Waals surface area contributed by atoms with Crippen molar-refractivity contribution in [3.63, 3.8) is 0 Å². The first-order chi connectivity index (χ1) is 21.6. The van der Waals surface area contributed by atoms with Gasteiger partial charge in [-0.25, -0.2) is 22.8 Å². The van der Waals surface area contributed by atoms with E-state index >= 15 is 0 Å². The standard InChI is InChI=1S/C24H32FN9O7S.C3H8/c1-14(2)41-16-7-17(11-33(10-16)23-26-8-15(25)9-27-23)42(35,36)32-24-31-30-20(18-12-39-5-6-40-18)34(24)19-21(37-3)28-13-29-22(19)38-4;1-3-2/h8-9,13-14,16-18H,5-7,10-12H2,1-4H3,(H,31,32);3H2,1-2H3/t16-,17+,18+;/m1./s1. The van der Waals surface area contributed by atoms with Crippen molar-refractivity contribution in [1.82, 2.24) is 34.7 Å². The van der Waals surface area contributed by atoms with E-state index < -0.39 is 33.3 Å². The number of nitrogens with zero attached hydrogens (tertiary/aromatic N) is 8. The minimum absolute atomic E-state index is 0.0145. The molecule has 0 aromatic carbocycles. The Balaban J connectivity index is 0.00000148. The summed E-state index contributed by atoms with van der Waals surface area (Å²) in [7, 11) is -1.35. The largest absolute Gasteiger partial charge is 0.479 e. The fourth-order valence-corrected chi connectivity index (χ4v) is 6.22. The average Bonchev–Trinajstić information content (AvgIpc) is 3.43. The van der Waals surface area contributed by atoms with Crippen molar-refractivity contribution >= 4 is 21.9 Å². The fourth-order valence-electron chi connectivity index (χ4n) is 4.83. The van der Waals surface area contributed by atoms with E-state index in [1.165, 1.54) is 31.5 Å². The lowest BCUT2D eigenvalue weighted by Crippen LogP contribution is -2.51. The zero-order chi connectivity index (χ0) is 32.6. The number of aromatic nitrogens is 7. The highest BCUT2D eigenvalue weighted by molar-refractivity contribution is 7.93.